The highest BCUT2D eigenvalue weighted by Gasteiger charge is 2.41. The molecule has 3 aromatic rings. The van der Waals surface area contributed by atoms with Crippen LogP contribution in [0.1, 0.15) is 22.6 Å². The van der Waals surface area contributed by atoms with Gasteiger partial charge in [-0.3, -0.25) is 9.78 Å². The third-order valence-corrected chi connectivity index (χ3v) is 5.07. The summed E-state index contributed by atoms with van der Waals surface area (Å²) in [6, 6.07) is 8.49. The molecule has 1 amide bonds. The van der Waals surface area contributed by atoms with Gasteiger partial charge in [0.2, 0.25) is 0 Å². The molecule has 2 atom stereocenters. The number of fused-ring (bicyclic) bond motifs is 1. The zero-order valence-corrected chi connectivity index (χ0v) is 15.4. The second-order valence-corrected chi connectivity index (χ2v) is 6.72. The molecule has 1 aliphatic rings. The molecular weight excluding hydrogens is 362 g/mol. The van der Waals surface area contributed by atoms with Crippen LogP contribution in [0.3, 0.4) is 0 Å². The average molecular weight is 381 g/mol. The van der Waals surface area contributed by atoms with E-state index in [2.05, 4.69) is 15.3 Å². The summed E-state index contributed by atoms with van der Waals surface area (Å²) in [6.07, 6.45) is 1.66. The molecule has 0 radical (unpaired) electrons. The van der Waals surface area contributed by atoms with Crippen molar-refractivity contribution in [1.29, 1.82) is 0 Å². The number of benzene rings is 1. The number of carboxylic acid groups (broad SMARTS) is 1. The second-order valence-electron chi connectivity index (χ2n) is 6.72. The van der Waals surface area contributed by atoms with Crippen LogP contribution in [0.25, 0.3) is 16.6 Å². The lowest BCUT2D eigenvalue weighted by Crippen LogP contribution is -2.41. The predicted octanol–water partition coefficient (Wildman–Crippen LogP) is 1.44. The lowest BCUT2D eigenvalue weighted by molar-refractivity contribution is -0.141. The monoisotopic (exact) mass is 381 g/mol. The summed E-state index contributed by atoms with van der Waals surface area (Å²) in [5, 5.41) is 18.5. The molecule has 9 heteroatoms. The second kappa shape index (κ2) is 7.01. The Bertz CT molecular complexity index is 1060. The largest absolute Gasteiger partial charge is 0.480 e. The van der Waals surface area contributed by atoms with Crippen molar-refractivity contribution in [2.24, 2.45) is 0 Å². The van der Waals surface area contributed by atoms with Gasteiger partial charge in [-0.15, -0.1) is 5.10 Å². The number of methoxy groups -OCH3 is 1. The molecule has 9 nitrogen and oxygen atoms in total. The first-order valence-corrected chi connectivity index (χ1v) is 8.83. The number of hydrogen-bond acceptors (Lipinski definition) is 6. The third kappa shape index (κ3) is 2.99. The van der Waals surface area contributed by atoms with Crippen molar-refractivity contribution in [3.8, 4) is 5.69 Å². The van der Waals surface area contributed by atoms with Crippen LogP contribution in [0.4, 0.5) is 0 Å². The van der Waals surface area contributed by atoms with E-state index in [9.17, 15) is 14.7 Å². The highest BCUT2D eigenvalue weighted by molar-refractivity contribution is 5.96. The van der Waals surface area contributed by atoms with E-state index < -0.39 is 17.9 Å². The first-order chi connectivity index (χ1) is 13.5. The number of ether oxygens (including phenoxy) is 1. The van der Waals surface area contributed by atoms with Gasteiger partial charge >= 0.3 is 5.97 Å². The molecular formula is C19H19N5O4. The number of carboxylic acids is 1. The zero-order chi connectivity index (χ0) is 19.8. The van der Waals surface area contributed by atoms with Crippen LogP contribution in [0.2, 0.25) is 0 Å². The van der Waals surface area contributed by atoms with Crippen LogP contribution < -0.4 is 0 Å². The summed E-state index contributed by atoms with van der Waals surface area (Å²) in [5.41, 5.74) is 2.27. The smallest absolute Gasteiger partial charge is 0.326 e. The summed E-state index contributed by atoms with van der Waals surface area (Å²) in [6.45, 7) is 1.95. The number of pyridine rings is 1. The van der Waals surface area contributed by atoms with Crippen molar-refractivity contribution < 1.29 is 19.4 Å². The average Bonchev–Trinajstić information content (AvgIpc) is 3.31. The molecule has 144 valence electrons. The summed E-state index contributed by atoms with van der Waals surface area (Å²) in [4.78, 5) is 30.1. The predicted molar refractivity (Wildman–Crippen MR) is 99.3 cm³/mol. The molecule has 1 aromatic carbocycles. The van der Waals surface area contributed by atoms with Gasteiger partial charge in [0.15, 0.2) is 5.69 Å². The van der Waals surface area contributed by atoms with Crippen LogP contribution in [0.15, 0.2) is 36.5 Å². The first-order valence-electron chi connectivity index (χ1n) is 8.83. The van der Waals surface area contributed by atoms with Gasteiger partial charge in [0.1, 0.15) is 6.04 Å². The number of aliphatic carboxylic acids is 1. The molecule has 4 rings (SSSR count). The lowest BCUT2D eigenvalue weighted by atomic mass is 10.2. The fourth-order valence-corrected chi connectivity index (χ4v) is 3.53. The number of likely N-dealkylation sites (tertiary alicyclic amines) is 1. The van der Waals surface area contributed by atoms with E-state index in [0.717, 1.165) is 16.6 Å². The summed E-state index contributed by atoms with van der Waals surface area (Å²) in [7, 11) is 1.51. The maximum absolute atomic E-state index is 13.0. The van der Waals surface area contributed by atoms with E-state index in [1.807, 2.05) is 30.3 Å². The minimum Gasteiger partial charge on any atom is -0.480 e. The summed E-state index contributed by atoms with van der Waals surface area (Å²) in [5.74, 6) is -1.52. The molecule has 1 saturated heterocycles. The summed E-state index contributed by atoms with van der Waals surface area (Å²) < 4.78 is 6.82. The van der Waals surface area contributed by atoms with Crippen molar-refractivity contribution in [3.63, 3.8) is 0 Å². The Labute approximate surface area is 160 Å². The molecule has 1 fully saturated rings. The van der Waals surface area contributed by atoms with Crippen LogP contribution in [0, 0.1) is 6.92 Å². The lowest BCUT2D eigenvalue weighted by Gasteiger charge is -2.20. The van der Waals surface area contributed by atoms with Gasteiger partial charge in [-0.25, -0.2) is 9.48 Å². The topological polar surface area (TPSA) is 110 Å². The molecule has 28 heavy (non-hydrogen) atoms. The molecule has 0 aliphatic carbocycles. The van der Waals surface area contributed by atoms with Crippen molar-refractivity contribution in [2.45, 2.75) is 25.5 Å². The van der Waals surface area contributed by atoms with E-state index >= 15 is 0 Å². The van der Waals surface area contributed by atoms with Gasteiger partial charge in [0.25, 0.3) is 5.91 Å². The maximum atomic E-state index is 13.0. The quantitative estimate of drug-likeness (QED) is 0.728. The Morgan fingerprint density at radius 3 is 2.86 bits per heavy atom. The van der Waals surface area contributed by atoms with Gasteiger partial charge in [0.05, 0.1) is 23.0 Å². The van der Waals surface area contributed by atoms with Crippen LogP contribution in [0.5, 0.6) is 0 Å². The number of carbonyl (C=O) groups is 2. The Kier molecular flexibility index (Phi) is 4.52. The maximum Gasteiger partial charge on any atom is 0.326 e. The van der Waals surface area contributed by atoms with Gasteiger partial charge in [-0.2, -0.15) is 0 Å². The molecule has 2 aromatic heterocycles. The van der Waals surface area contributed by atoms with Crippen molar-refractivity contribution in [1.82, 2.24) is 24.9 Å². The SMILES string of the molecule is COC1CC(C(=O)O)N(C(=O)c2nnn(-c3ccc4ncccc4c3)c2C)C1. The minimum atomic E-state index is -1.06. The molecule has 3 heterocycles. The highest BCUT2D eigenvalue weighted by atomic mass is 16.5. The van der Waals surface area contributed by atoms with Gasteiger partial charge in [0, 0.05) is 31.7 Å². The molecule has 0 bridgehead atoms. The third-order valence-electron chi connectivity index (χ3n) is 5.07. The van der Waals surface area contributed by atoms with E-state index in [4.69, 9.17) is 4.74 Å². The number of aromatic nitrogens is 4. The Morgan fingerprint density at radius 1 is 1.29 bits per heavy atom. The van der Waals surface area contributed by atoms with E-state index in [1.54, 1.807) is 17.8 Å². The van der Waals surface area contributed by atoms with Crippen molar-refractivity contribution in [3.05, 3.63) is 47.9 Å². The number of nitrogens with zero attached hydrogens (tertiary/aromatic N) is 5. The Morgan fingerprint density at radius 2 is 2.11 bits per heavy atom. The molecule has 0 saturated carbocycles. The number of amides is 1. The Balaban J connectivity index is 1.67. The fourth-order valence-electron chi connectivity index (χ4n) is 3.53. The van der Waals surface area contributed by atoms with Gasteiger partial charge in [-0.1, -0.05) is 11.3 Å². The van der Waals surface area contributed by atoms with Crippen molar-refractivity contribution >= 4 is 22.8 Å². The van der Waals surface area contributed by atoms with E-state index in [-0.39, 0.29) is 24.8 Å². The van der Waals surface area contributed by atoms with Gasteiger partial charge in [-0.05, 0) is 31.2 Å². The van der Waals surface area contributed by atoms with Crippen LogP contribution in [-0.2, 0) is 9.53 Å². The first kappa shape index (κ1) is 18.1. The van der Waals surface area contributed by atoms with E-state index in [1.165, 1.54) is 12.0 Å². The number of rotatable bonds is 4. The minimum absolute atomic E-state index is 0.134. The molecule has 2 unspecified atom stereocenters. The van der Waals surface area contributed by atoms with Crippen LogP contribution in [-0.4, -0.2) is 67.7 Å². The number of hydrogen-bond donors (Lipinski definition) is 1. The fraction of sp³-hybridized carbons (Fsp3) is 0.316. The Hall–Kier alpha value is -3.33. The van der Waals surface area contributed by atoms with E-state index in [0.29, 0.717) is 5.69 Å². The summed E-state index contributed by atoms with van der Waals surface area (Å²) >= 11 is 0. The molecule has 1 aliphatic heterocycles. The molecule has 0 spiro atoms. The number of carbonyl (C=O) groups excluding carboxylic acids is 1. The zero-order valence-electron chi connectivity index (χ0n) is 15.4. The standard InChI is InChI=1S/C19H19N5O4/c1-11-17(18(25)23-10-14(28-2)9-16(23)19(26)27)21-22-24(11)13-5-6-15-12(8-13)4-3-7-20-15/h3-8,14,16H,9-10H2,1-2H3,(H,26,27). The van der Waals surface area contributed by atoms with Crippen LogP contribution >= 0.6 is 0 Å². The highest BCUT2D eigenvalue weighted by Crippen LogP contribution is 2.24. The van der Waals surface area contributed by atoms with Crippen molar-refractivity contribution in [2.75, 3.05) is 13.7 Å². The van der Waals surface area contributed by atoms with Gasteiger partial charge < -0.3 is 14.7 Å². The molecule has 1 N–H and O–H groups in total. The normalized spacial score (nSPS) is 19.3.